The topological polar surface area (TPSA) is 59.2 Å². The van der Waals surface area contributed by atoms with Crippen LogP contribution in [0.3, 0.4) is 0 Å². The van der Waals surface area contributed by atoms with Crippen LogP contribution < -0.4 is 0 Å². The van der Waals surface area contributed by atoms with Gasteiger partial charge >= 0.3 is 0 Å². The average Bonchev–Trinajstić information content (AvgIpc) is 2.86. The van der Waals surface area contributed by atoms with Crippen LogP contribution >= 0.6 is 27.5 Å². The Balaban J connectivity index is 2.23. The lowest BCUT2D eigenvalue weighted by Gasteiger charge is -2.01. The zero-order valence-corrected chi connectivity index (χ0v) is 12.9. The van der Waals surface area contributed by atoms with Gasteiger partial charge in [0, 0.05) is 16.9 Å². The molecule has 6 heteroatoms. The van der Waals surface area contributed by atoms with Crippen LogP contribution in [0.2, 0.25) is 5.02 Å². The van der Waals surface area contributed by atoms with Crippen LogP contribution in [-0.2, 0) is 6.61 Å². The number of hydrogen-bond acceptors (Lipinski definition) is 4. The summed E-state index contributed by atoms with van der Waals surface area (Å²) in [6.45, 7) is 1.87. The molecule has 2 aromatic heterocycles. The Morgan fingerprint density at radius 1 is 1.35 bits per heavy atom. The van der Waals surface area contributed by atoms with E-state index in [9.17, 15) is 5.11 Å². The molecule has 0 amide bonds. The molecule has 3 rings (SSSR count). The van der Waals surface area contributed by atoms with Crippen molar-refractivity contribution in [2.24, 2.45) is 0 Å². The number of fused-ring (bicyclic) bond motifs is 1. The van der Waals surface area contributed by atoms with Gasteiger partial charge in [0.15, 0.2) is 5.58 Å². The summed E-state index contributed by atoms with van der Waals surface area (Å²) in [5.41, 5.74) is 3.63. The molecule has 0 atom stereocenters. The zero-order valence-electron chi connectivity index (χ0n) is 10.5. The minimum absolute atomic E-state index is 0.0880. The lowest BCUT2D eigenvalue weighted by Crippen LogP contribution is -1.86. The maximum atomic E-state index is 9.19. The second-order valence-corrected chi connectivity index (χ2v) is 5.66. The van der Waals surface area contributed by atoms with Crippen LogP contribution in [0, 0.1) is 6.92 Å². The summed E-state index contributed by atoms with van der Waals surface area (Å²) in [5.74, 6) is 0.461. The SMILES string of the molecule is Cc1c(Br)cncc1-c1nc2cc(CO)cc(Cl)c2o1. The van der Waals surface area contributed by atoms with Crippen molar-refractivity contribution in [2.45, 2.75) is 13.5 Å². The van der Waals surface area contributed by atoms with Crippen molar-refractivity contribution in [1.29, 1.82) is 0 Å². The zero-order chi connectivity index (χ0) is 14.3. The first-order valence-electron chi connectivity index (χ1n) is 5.90. The maximum absolute atomic E-state index is 9.19. The highest BCUT2D eigenvalue weighted by Gasteiger charge is 2.15. The Kier molecular flexibility index (Phi) is 3.50. The average molecular weight is 354 g/mol. The summed E-state index contributed by atoms with van der Waals surface area (Å²) < 4.78 is 6.62. The second-order valence-electron chi connectivity index (χ2n) is 4.40. The number of benzene rings is 1. The number of oxazole rings is 1. The normalized spacial score (nSPS) is 11.2. The molecule has 1 aromatic carbocycles. The van der Waals surface area contributed by atoms with E-state index in [0.717, 1.165) is 15.6 Å². The van der Waals surface area contributed by atoms with E-state index in [4.69, 9.17) is 16.0 Å². The maximum Gasteiger partial charge on any atom is 0.229 e. The van der Waals surface area contributed by atoms with Gasteiger partial charge in [0.05, 0.1) is 17.2 Å². The summed E-state index contributed by atoms with van der Waals surface area (Å²) in [7, 11) is 0. The standard InChI is InChI=1S/C14H10BrClN2O2/c1-7-9(4-17-5-10(7)15)14-18-12-3-8(6-19)2-11(16)13(12)20-14/h2-5,19H,6H2,1H3. The molecule has 0 aliphatic carbocycles. The van der Waals surface area contributed by atoms with Crippen molar-refractivity contribution < 1.29 is 9.52 Å². The number of halogens is 2. The Morgan fingerprint density at radius 2 is 2.15 bits per heavy atom. The Morgan fingerprint density at radius 3 is 2.90 bits per heavy atom. The fourth-order valence-corrected chi connectivity index (χ4v) is 2.58. The monoisotopic (exact) mass is 352 g/mol. The first-order chi connectivity index (χ1) is 9.60. The largest absolute Gasteiger partial charge is 0.434 e. The van der Waals surface area contributed by atoms with Gasteiger partial charge in [0.25, 0.3) is 0 Å². The Labute approximate surface area is 128 Å². The van der Waals surface area contributed by atoms with Crippen molar-refractivity contribution in [3.63, 3.8) is 0 Å². The highest BCUT2D eigenvalue weighted by molar-refractivity contribution is 9.10. The van der Waals surface area contributed by atoms with Crippen LogP contribution in [0.5, 0.6) is 0 Å². The fourth-order valence-electron chi connectivity index (χ4n) is 1.97. The molecule has 0 saturated heterocycles. The fraction of sp³-hybridized carbons (Fsp3) is 0.143. The van der Waals surface area contributed by atoms with Gasteiger partial charge < -0.3 is 9.52 Å². The predicted molar refractivity (Wildman–Crippen MR) is 80.6 cm³/mol. The molecular weight excluding hydrogens is 344 g/mol. The van der Waals surface area contributed by atoms with Gasteiger partial charge in [-0.2, -0.15) is 0 Å². The first kappa shape index (κ1) is 13.5. The lowest BCUT2D eigenvalue weighted by atomic mass is 10.1. The van der Waals surface area contributed by atoms with E-state index in [1.54, 1.807) is 24.5 Å². The summed E-state index contributed by atoms with van der Waals surface area (Å²) in [6.07, 6.45) is 3.42. The molecule has 0 bridgehead atoms. The molecule has 1 N–H and O–H groups in total. The van der Waals surface area contributed by atoms with E-state index >= 15 is 0 Å². The van der Waals surface area contributed by atoms with Gasteiger partial charge in [-0.3, -0.25) is 4.98 Å². The van der Waals surface area contributed by atoms with E-state index < -0.39 is 0 Å². The molecule has 102 valence electrons. The molecule has 3 aromatic rings. The molecule has 0 aliphatic rings. The minimum Gasteiger partial charge on any atom is -0.434 e. The Hall–Kier alpha value is -1.43. The third kappa shape index (κ3) is 2.22. The molecule has 20 heavy (non-hydrogen) atoms. The molecule has 4 nitrogen and oxygen atoms in total. The van der Waals surface area contributed by atoms with Gasteiger partial charge in [-0.15, -0.1) is 0 Å². The van der Waals surface area contributed by atoms with Crippen molar-refractivity contribution in [3.05, 3.63) is 45.1 Å². The molecule has 0 spiro atoms. The third-order valence-corrected chi connectivity index (χ3v) is 4.15. The van der Waals surface area contributed by atoms with Crippen molar-refractivity contribution in [2.75, 3.05) is 0 Å². The number of aliphatic hydroxyl groups excluding tert-OH is 1. The summed E-state index contributed by atoms with van der Waals surface area (Å²) >= 11 is 9.58. The van der Waals surface area contributed by atoms with Crippen LogP contribution in [0.4, 0.5) is 0 Å². The van der Waals surface area contributed by atoms with Crippen LogP contribution in [-0.4, -0.2) is 15.1 Å². The summed E-state index contributed by atoms with van der Waals surface area (Å²) in [6, 6.07) is 3.43. The molecule has 0 saturated carbocycles. The van der Waals surface area contributed by atoms with Gasteiger partial charge in [-0.25, -0.2) is 4.98 Å². The van der Waals surface area contributed by atoms with E-state index in [2.05, 4.69) is 25.9 Å². The first-order valence-corrected chi connectivity index (χ1v) is 7.07. The highest BCUT2D eigenvalue weighted by Crippen LogP contribution is 2.33. The lowest BCUT2D eigenvalue weighted by molar-refractivity contribution is 0.282. The molecule has 2 heterocycles. The molecule has 0 fully saturated rings. The summed E-state index contributed by atoms with van der Waals surface area (Å²) in [5, 5.41) is 9.63. The van der Waals surface area contributed by atoms with Gasteiger partial charge in [0.1, 0.15) is 5.52 Å². The number of aliphatic hydroxyl groups is 1. The van der Waals surface area contributed by atoms with Crippen molar-refractivity contribution in [1.82, 2.24) is 9.97 Å². The second kappa shape index (κ2) is 5.16. The number of aromatic nitrogens is 2. The van der Waals surface area contributed by atoms with Crippen LogP contribution in [0.25, 0.3) is 22.6 Å². The minimum atomic E-state index is -0.0880. The van der Waals surface area contributed by atoms with E-state index in [-0.39, 0.29) is 6.61 Å². The van der Waals surface area contributed by atoms with Gasteiger partial charge in [-0.05, 0) is 46.1 Å². The van der Waals surface area contributed by atoms with Crippen molar-refractivity contribution >= 4 is 38.6 Å². The highest BCUT2D eigenvalue weighted by atomic mass is 79.9. The number of pyridine rings is 1. The van der Waals surface area contributed by atoms with Crippen LogP contribution in [0.15, 0.2) is 33.4 Å². The van der Waals surface area contributed by atoms with Crippen molar-refractivity contribution in [3.8, 4) is 11.5 Å². The third-order valence-electron chi connectivity index (χ3n) is 3.07. The Bertz CT molecular complexity index is 801. The molecule has 0 radical (unpaired) electrons. The number of nitrogens with zero attached hydrogens (tertiary/aromatic N) is 2. The predicted octanol–water partition coefficient (Wildman–Crippen LogP) is 4.11. The van der Waals surface area contributed by atoms with Gasteiger partial charge in [0.2, 0.25) is 5.89 Å². The summed E-state index contributed by atoms with van der Waals surface area (Å²) in [4.78, 5) is 8.56. The van der Waals surface area contributed by atoms with E-state index in [0.29, 0.717) is 27.6 Å². The number of hydrogen-bond donors (Lipinski definition) is 1. The molecular formula is C14H10BrClN2O2. The van der Waals surface area contributed by atoms with E-state index in [1.807, 2.05) is 6.92 Å². The van der Waals surface area contributed by atoms with E-state index in [1.165, 1.54) is 0 Å². The smallest absolute Gasteiger partial charge is 0.229 e. The molecule has 0 unspecified atom stereocenters. The van der Waals surface area contributed by atoms with Crippen LogP contribution in [0.1, 0.15) is 11.1 Å². The molecule has 0 aliphatic heterocycles. The quantitative estimate of drug-likeness (QED) is 0.753. The van der Waals surface area contributed by atoms with Gasteiger partial charge in [-0.1, -0.05) is 11.6 Å². The number of rotatable bonds is 2.